The minimum Gasteiger partial charge on any atom is -0.303 e. The third-order valence-electron chi connectivity index (χ3n) is 2.57. The Morgan fingerprint density at radius 2 is 1.93 bits per heavy atom. The minimum atomic E-state index is 0.415. The van der Waals surface area contributed by atoms with Gasteiger partial charge in [-0.1, -0.05) is 43.2 Å². The predicted molar refractivity (Wildman–Crippen MR) is 59.5 cm³/mol. The van der Waals surface area contributed by atoms with Crippen molar-refractivity contribution in [2.45, 2.75) is 39.0 Å². The molecule has 0 aromatic heterocycles. The highest BCUT2D eigenvalue weighted by Crippen LogP contribution is 2.23. The Bertz CT molecular complexity index is 274. The monoisotopic (exact) mass is 190 g/mol. The highest BCUT2D eigenvalue weighted by atomic mass is 16.1. The van der Waals surface area contributed by atoms with Gasteiger partial charge in [0.2, 0.25) is 0 Å². The molecule has 0 saturated carbocycles. The smallest absolute Gasteiger partial charge is 0.120 e. The molecule has 0 spiro atoms. The third-order valence-corrected chi connectivity index (χ3v) is 2.57. The maximum atomic E-state index is 10.5. The summed E-state index contributed by atoms with van der Waals surface area (Å²) < 4.78 is 0. The zero-order chi connectivity index (χ0) is 10.4. The first kappa shape index (κ1) is 11.0. The van der Waals surface area contributed by atoms with Gasteiger partial charge < -0.3 is 4.79 Å². The van der Waals surface area contributed by atoms with Gasteiger partial charge in [-0.15, -0.1) is 0 Å². The van der Waals surface area contributed by atoms with E-state index in [0.717, 1.165) is 19.1 Å². The first-order chi connectivity index (χ1) is 6.77. The van der Waals surface area contributed by atoms with E-state index in [1.165, 1.54) is 11.1 Å². The molecule has 1 rings (SSSR count). The normalized spacial score (nSPS) is 12.4. The second-order valence-corrected chi connectivity index (χ2v) is 3.80. The quantitative estimate of drug-likeness (QED) is 0.650. The van der Waals surface area contributed by atoms with Crippen LogP contribution in [-0.4, -0.2) is 6.29 Å². The number of rotatable bonds is 5. The first-order valence-electron chi connectivity index (χ1n) is 5.28. The molecule has 14 heavy (non-hydrogen) atoms. The number of carbonyl (C=O) groups is 1. The van der Waals surface area contributed by atoms with Crippen LogP contribution in [0.5, 0.6) is 0 Å². The van der Waals surface area contributed by atoms with Crippen LogP contribution in [0.1, 0.15) is 43.2 Å². The van der Waals surface area contributed by atoms with Gasteiger partial charge in [0.05, 0.1) is 0 Å². The van der Waals surface area contributed by atoms with Crippen molar-refractivity contribution in [2.24, 2.45) is 0 Å². The van der Waals surface area contributed by atoms with E-state index in [-0.39, 0.29) is 0 Å². The maximum Gasteiger partial charge on any atom is 0.120 e. The second kappa shape index (κ2) is 5.58. The summed E-state index contributed by atoms with van der Waals surface area (Å²) >= 11 is 0. The second-order valence-electron chi connectivity index (χ2n) is 3.80. The lowest BCUT2D eigenvalue weighted by Crippen LogP contribution is -1.99. The van der Waals surface area contributed by atoms with Crippen LogP contribution < -0.4 is 0 Å². The number of carbonyl (C=O) groups excluding carboxylic acids is 1. The van der Waals surface area contributed by atoms with Crippen molar-refractivity contribution in [2.75, 3.05) is 0 Å². The SMILES string of the molecule is CCCC(CC=O)c1ccc(C)cc1. The number of hydrogen-bond donors (Lipinski definition) is 0. The van der Waals surface area contributed by atoms with Crippen LogP contribution in [-0.2, 0) is 4.79 Å². The van der Waals surface area contributed by atoms with Gasteiger partial charge in [0.1, 0.15) is 6.29 Å². The van der Waals surface area contributed by atoms with Gasteiger partial charge >= 0.3 is 0 Å². The standard InChI is InChI=1S/C13H18O/c1-3-4-12(9-10-14)13-7-5-11(2)6-8-13/h5-8,10,12H,3-4,9H2,1-2H3. The Hall–Kier alpha value is -1.11. The fraction of sp³-hybridized carbons (Fsp3) is 0.462. The number of aryl methyl sites for hydroxylation is 1. The molecule has 0 N–H and O–H groups in total. The van der Waals surface area contributed by atoms with Gasteiger partial charge in [-0.25, -0.2) is 0 Å². The van der Waals surface area contributed by atoms with E-state index in [9.17, 15) is 4.79 Å². The highest BCUT2D eigenvalue weighted by Gasteiger charge is 2.09. The summed E-state index contributed by atoms with van der Waals surface area (Å²) in [6.45, 7) is 4.24. The van der Waals surface area contributed by atoms with E-state index in [1.807, 2.05) is 0 Å². The van der Waals surface area contributed by atoms with Crippen LogP contribution in [0.15, 0.2) is 24.3 Å². The Balaban J connectivity index is 2.76. The molecule has 1 aromatic rings. The van der Waals surface area contributed by atoms with Gasteiger partial charge in [0, 0.05) is 6.42 Å². The van der Waals surface area contributed by atoms with Crippen LogP contribution in [0.3, 0.4) is 0 Å². The molecule has 0 amide bonds. The molecule has 0 radical (unpaired) electrons. The summed E-state index contributed by atoms with van der Waals surface area (Å²) in [6.07, 6.45) is 3.91. The van der Waals surface area contributed by atoms with Crippen LogP contribution in [0.2, 0.25) is 0 Å². The fourth-order valence-corrected chi connectivity index (χ4v) is 1.72. The molecule has 0 saturated heterocycles. The Morgan fingerprint density at radius 1 is 1.29 bits per heavy atom. The van der Waals surface area contributed by atoms with Crippen LogP contribution in [0.25, 0.3) is 0 Å². The van der Waals surface area contributed by atoms with Crippen LogP contribution in [0, 0.1) is 6.92 Å². The lowest BCUT2D eigenvalue weighted by molar-refractivity contribution is -0.108. The summed E-state index contributed by atoms with van der Waals surface area (Å²) in [5.74, 6) is 0.415. The first-order valence-corrected chi connectivity index (χ1v) is 5.28. The molecule has 1 nitrogen and oxygen atoms in total. The minimum absolute atomic E-state index is 0.415. The summed E-state index contributed by atoms with van der Waals surface area (Å²) in [5, 5.41) is 0. The molecule has 1 atom stereocenters. The Morgan fingerprint density at radius 3 is 2.43 bits per heavy atom. The van der Waals surface area contributed by atoms with Gasteiger partial charge in [-0.3, -0.25) is 0 Å². The van der Waals surface area contributed by atoms with Crippen LogP contribution in [0.4, 0.5) is 0 Å². The maximum absolute atomic E-state index is 10.5. The molecule has 0 aliphatic rings. The van der Waals surface area contributed by atoms with Gasteiger partial charge in [-0.2, -0.15) is 0 Å². The third kappa shape index (κ3) is 2.99. The molecule has 1 heteroatoms. The van der Waals surface area contributed by atoms with Crippen molar-refractivity contribution in [3.8, 4) is 0 Å². The number of hydrogen-bond acceptors (Lipinski definition) is 1. The van der Waals surface area contributed by atoms with Crippen molar-refractivity contribution in [1.82, 2.24) is 0 Å². The lowest BCUT2D eigenvalue weighted by Gasteiger charge is -2.13. The van der Waals surface area contributed by atoms with E-state index >= 15 is 0 Å². The van der Waals surface area contributed by atoms with E-state index in [1.54, 1.807) is 0 Å². The van der Waals surface area contributed by atoms with Gasteiger partial charge in [-0.05, 0) is 24.8 Å². The van der Waals surface area contributed by atoms with Crippen molar-refractivity contribution in [3.05, 3.63) is 35.4 Å². The van der Waals surface area contributed by atoms with E-state index in [4.69, 9.17) is 0 Å². The Labute approximate surface area is 86.1 Å². The largest absolute Gasteiger partial charge is 0.303 e. The summed E-state index contributed by atoms with van der Waals surface area (Å²) in [7, 11) is 0. The fourth-order valence-electron chi connectivity index (χ4n) is 1.72. The number of aldehydes is 1. The zero-order valence-electron chi connectivity index (χ0n) is 8.99. The molecule has 0 fully saturated rings. The average Bonchev–Trinajstić information content (AvgIpc) is 2.19. The summed E-state index contributed by atoms with van der Waals surface area (Å²) in [4.78, 5) is 10.5. The topological polar surface area (TPSA) is 17.1 Å². The molecule has 0 bridgehead atoms. The van der Waals surface area contributed by atoms with Crippen molar-refractivity contribution < 1.29 is 4.79 Å². The van der Waals surface area contributed by atoms with Crippen molar-refractivity contribution in [3.63, 3.8) is 0 Å². The van der Waals surface area contributed by atoms with Crippen molar-refractivity contribution >= 4 is 6.29 Å². The predicted octanol–water partition coefficient (Wildman–Crippen LogP) is 3.47. The molecule has 0 aliphatic carbocycles. The number of benzene rings is 1. The molecule has 1 unspecified atom stereocenters. The van der Waals surface area contributed by atoms with Gasteiger partial charge in [0.25, 0.3) is 0 Å². The van der Waals surface area contributed by atoms with E-state index < -0.39 is 0 Å². The molecular weight excluding hydrogens is 172 g/mol. The summed E-state index contributed by atoms with van der Waals surface area (Å²) in [5.41, 5.74) is 2.57. The highest BCUT2D eigenvalue weighted by molar-refractivity contribution is 5.51. The molecule has 76 valence electrons. The lowest BCUT2D eigenvalue weighted by atomic mass is 9.91. The Kier molecular flexibility index (Phi) is 4.37. The zero-order valence-corrected chi connectivity index (χ0v) is 8.99. The van der Waals surface area contributed by atoms with E-state index in [0.29, 0.717) is 12.3 Å². The molecular formula is C13H18O. The molecule has 0 aliphatic heterocycles. The molecule has 1 aromatic carbocycles. The van der Waals surface area contributed by atoms with Crippen LogP contribution >= 0.6 is 0 Å². The van der Waals surface area contributed by atoms with Gasteiger partial charge in [0.15, 0.2) is 0 Å². The van der Waals surface area contributed by atoms with Crippen molar-refractivity contribution in [1.29, 1.82) is 0 Å². The average molecular weight is 190 g/mol. The van der Waals surface area contributed by atoms with E-state index in [2.05, 4.69) is 38.1 Å². The summed E-state index contributed by atoms with van der Waals surface area (Å²) in [6, 6.07) is 8.50. The molecule has 0 heterocycles.